The Kier molecular flexibility index (Phi) is 7.35. The van der Waals surface area contributed by atoms with Crippen LogP contribution in [0.2, 0.25) is 0 Å². The van der Waals surface area contributed by atoms with Crippen LogP contribution in [-0.2, 0) is 4.46 Å². The summed E-state index contributed by atoms with van der Waals surface area (Å²) < 4.78 is 8.74. The Labute approximate surface area is 46.6 Å². The van der Waals surface area contributed by atoms with Gasteiger partial charge in [0.15, 0.2) is 0 Å². The summed E-state index contributed by atoms with van der Waals surface area (Å²) in [5, 5.41) is 0. The first-order valence-electron chi connectivity index (χ1n) is 1.43. The first kappa shape index (κ1) is 9.99. The van der Waals surface area contributed by atoms with Crippen molar-refractivity contribution in [3.8, 4) is 0 Å². The fourth-order valence-corrected chi connectivity index (χ4v) is 0. The van der Waals surface area contributed by atoms with Crippen LogP contribution in [-0.4, -0.2) is 24.8 Å². The molecule has 0 saturated heterocycles. The van der Waals surface area contributed by atoms with Gasteiger partial charge in [-0.15, -0.1) is 0 Å². The molecule has 2 amide bonds. The van der Waals surface area contributed by atoms with Gasteiger partial charge < -0.3 is 21.1 Å². The molecule has 0 saturated carbocycles. The van der Waals surface area contributed by atoms with E-state index in [0.29, 0.717) is 0 Å². The van der Waals surface area contributed by atoms with Gasteiger partial charge in [-0.3, -0.25) is 4.46 Å². The molecule has 0 bridgehead atoms. The van der Waals surface area contributed by atoms with E-state index in [0.717, 1.165) is 0 Å². The van der Waals surface area contributed by atoms with E-state index in [2.05, 4.69) is 11.5 Å². The van der Waals surface area contributed by atoms with Gasteiger partial charge in [-0.2, -0.15) is 0 Å². The van der Waals surface area contributed by atoms with Crippen LogP contribution in [0, 0.1) is 0 Å². The van der Waals surface area contributed by atoms with Gasteiger partial charge in [0.2, 0.25) is 0 Å². The summed E-state index contributed by atoms with van der Waals surface area (Å²) in [5.74, 6) is 0. The number of hydrogen-bond donors (Lipinski definition) is 4. The van der Waals surface area contributed by atoms with Crippen LogP contribution in [0.5, 0.6) is 0 Å². The van der Waals surface area contributed by atoms with Crippen molar-refractivity contribution in [2.75, 3.05) is 0 Å². The van der Waals surface area contributed by atoms with E-state index in [-0.39, 0.29) is 0 Å². The maximum atomic E-state index is 9.00. The second kappa shape index (κ2) is 5.89. The van der Waals surface area contributed by atoms with E-state index in [1.165, 1.54) is 0 Å². The van der Waals surface area contributed by atoms with Crippen LogP contribution in [0.4, 0.5) is 4.79 Å². The normalized spacial score (nSPS) is 6.00. The Morgan fingerprint density at radius 2 is 1.38 bits per heavy atom. The zero-order valence-corrected chi connectivity index (χ0v) is 4.87. The number of amides is 2. The highest BCUT2D eigenvalue weighted by Gasteiger charge is 1.85. The van der Waals surface area contributed by atoms with Crippen LogP contribution in [0.25, 0.3) is 0 Å². The van der Waals surface area contributed by atoms with Crippen LogP contribution in [0.1, 0.15) is 0 Å². The molecule has 0 aromatic rings. The lowest BCUT2D eigenvalue weighted by atomic mass is 11.2. The van der Waals surface area contributed by atoms with Gasteiger partial charge in [0.05, 0.1) is 0 Å². The molecule has 6 N–H and O–H groups in total. The minimum Gasteiger partial charge on any atom is -0.511 e. The van der Waals surface area contributed by atoms with E-state index in [1.807, 2.05) is 0 Å². The quantitative estimate of drug-likeness (QED) is 0.274. The highest BCUT2D eigenvalue weighted by Crippen LogP contribution is 1.27. The van der Waals surface area contributed by atoms with Crippen molar-refractivity contribution in [2.24, 2.45) is 11.5 Å². The van der Waals surface area contributed by atoms with E-state index in [4.69, 9.17) is 18.8 Å². The Hall–Kier alpha value is -1.11. The molecule has 0 aliphatic rings. The Morgan fingerprint density at radius 1 is 1.38 bits per heavy atom. The van der Waals surface area contributed by atoms with Gasteiger partial charge >= 0.3 is 15.2 Å². The third-order valence-electron chi connectivity index (χ3n) is 0. The minimum atomic E-state index is -3.13. The number of carbonyl (C=O) groups is 1. The standard InChI is InChI=1S/CH4N2O.H2O3Si/c2-1(3)4;1-4(2)3/h(H4,2,3,4);1-2H. The lowest BCUT2D eigenvalue weighted by Crippen LogP contribution is -2.18. The Balaban J connectivity index is 0. The molecule has 0 radical (unpaired) electrons. The lowest BCUT2D eigenvalue weighted by Gasteiger charge is -1.62. The second-order valence-electron chi connectivity index (χ2n) is 0.685. The fraction of sp³-hybridized carbons (Fsp3) is 0. The molecule has 0 spiro atoms. The topological polar surface area (TPSA) is 127 Å². The zero-order chi connectivity index (χ0) is 7.15. The molecule has 0 aliphatic carbocycles. The molecule has 0 heterocycles. The van der Waals surface area contributed by atoms with Gasteiger partial charge in [-0.05, 0) is 0 Å². The van der Waals surface area contributed by atoms with Gasteiger partial charge in [0.25, 0.3) is 0 Å². The van der Waals surface area contributed by atoms with E-state index < -0.39 is 15.2 Å². The average Bonchev–Trinajstić information content (AvgIpc) is 1.25. The molecule has 0 aromatic carbocycles. The first-order chi connectivity index (χ1) is 3.46. The SMILES string of the molecule is NC(N)=O.O=[Si](O)O. The summed E-state index contributed by atoms with van der Waals surface area (Å²) in [5.41, 5.74) is 8.50. The molecule has 0 rings (SSSR count). The molecule has 8 heavy (non-hydrogen) atoms. The number of urea groups is 1. The van der Waals surface area contributed by atoms with Crippen molar-refractivity contribution in [3.63, 3.8) is 0 Å². The number of rotatable bonds is 0. The first-order valence-corrected chi connectivity index (χ1v) is 2.74. The highest BCUT2D eigenvalue weighted by atomic mass is 28.3. The molecule has 0 atom stereocenters. The lowest BCUT2D eigenvalue weighted by molar-refractivity contribution is 0.256. The molecule has 0 aliphatic heterocycles. The van der Waals surface area contributed by atoms with Crippen molar-refractivity contribution in [3.05, 3.63) is 0 Å². The summed E-state index contributed by atoms with van der Waals surface area (Å²) in [4.78, 5) is 23.3. The molecule has 48 valence electrons. The fourth-order valence-electron chi connectivity index (χ4n) is 0. The number of carbonyl (C=O) groups excluding carboxylic acids is 1. The summed E-state index contributed by atoms with van der Waals surface area (Å²) in [6.45, 7) is 0. The van der Waals surface area contributed by atoms with Gasteiger partial charge in [0.1, 0.15) is 0 Å². The van der Waals surface area contributed by atoms with Crippen molar-refractivity contribution in [2.45, 2.75) is 0 Å². The summed E-state index contributed by atoms with van der Waals surface area (Å²) in [7, 11) is -3.13. The third kappa shape index (κ3) is 59.6. The van der Waals surface area contributed by atoms with E-state index in [9.17, 15) is 0 Å². The predicted molar refractivity (Wildman–Crippen MR) is 24.6 cm³/mol. The van der Waals surface area contributed by atoms with Crippen LogP contribution in [0.15, 0.2) is 0 Å². The second-order valence-corrected chi connectivity index (χ2v) is 1.25. The molecule has 0 aromatic heterocycles. The summed E-state index contributed by atoms with van der Waals surface area (Å²) in [6.07, 6.45) is 0. The van der Waals surface area contributed by atoms with Crippen molar-refractivity contribution < 1.29 is 18.8 Å². The molecule has 6 nitrogen and oxygen atoms in total. The predicted octanol–water partition coefficient (Wildman–Crippen LogP) is -2.59. The number of hydrogen-bond acceptors (Lipinski definition) is 2. The maximum Gasteiger partial charge on any atom is 0.761 e. The molecular formula is CH6N2O4Si. The molecule has 7 heteroatoms. The van der Waals surface area contributed by atoms with Crippen molar-refractivity contribution in [1.82, 2.24) is 0 Å². The smallest absolute Gasteiger partial charge is 0.511 e. The maximum absolute atomic E-state index is 9.00. The monoisotopic (exact) mass is 138 g/mol. The van der Waals surface area contributed by atoms with E-state index in [1.54, 1.807) is 0 Å². The van der Waals surface area contributed by atoms with Crippen molar-refractivity contribution >= 4 is 15.2 Å². The highest BCUT2D eigenvalue weighted by molar-refractivity contribution is 6.22. The largest absolute Gasteiger partial charge is 0.761 e. The van der Waals surface area contributed by atoms with E-state index >= 15 is 0 Å². The molecule has 0 unspecified atom stereocenters. The Bertz CT molecular complexity index is 72.0. The minimum absolute atomic E-state index is 0.833. The van der Waals surface area contributed by atoms with Gasteiger partial charge in [-0.25, -0.2) is 4.79 Å². The van der Waals surface area contributed by atoms with Crippen LogP contribution >= 0.6 is 0 Å². The van der Waals surface area contributed by atoms with Gasteiger partial charge in [0, 0.05) is 0 Å². The third-order valence-corrected chi connectivity index (χ3v) is 0. The zero-order valence-electron chi connectivity index (χ0n) is 3.87. The number of nitrogens with two attached hydrogens (primary N) is 2. The summed E-state index contributed by atoms with van der Waals surface area (Å²) in [6, 6.07) is -0.833. The molecular weight excluding hydrogens is 132 g/mol. The van der Waals surface area contributed by atoms with Crippen LogP contribution < -0.4 is 11.5 Å². The van der Waals surface area contributed by atoms with Crippen LogP contribution in [0.3, 0.4) is 0 Å². The van der Waals surface area contributed by atoms with Crippen molar-refractivity contribution in [1.29, 1.82) is 0 Å². The average molecular weight is 138 g/mol. The number of primary amides is 2. The summed E-state index contributed by atoms with van der Waals surface area (Å²) >= 11 is 0. The molecule has 0 fully saturated rings. The Morgan fingerprint density at radius 3 is 1.38 bits per heavy atom. The van der Waals surface area contributed by atoms with Gasteiger partial charge in [-0.1, -0.05) is 0 Å².